The van der Waals surface area contributed by atoms with E-state index in [9.17, 15) is 9.18 Å². The molecule has 2 unspecified atom stereocenters. The van der Waals surface area contributed by atoms with Crippen molar-refractivity contribution in [3.8, 4) is 0 Å². The monoisotopic (exact) mass is 253 g/mol. The van der Waals surface area contributed by atoms with E-state index in [1.807, 2.05) is 13.0 Å². The third-order valence-electron chi connectivity index (χ3n) is 2.87. The second-order valence-corrected chi connectivity index (χ2v) is 4.66. The normalized spacial score (nSPS) is 14.0. The molecule has 1 rings (SSSR count). The van der Waals surface area contributed by atoms with Crippen LogP contribution in [0.15, 0.2) is 24.3 Å². The number of amides is 1. The number of hydrogen-bond acceptors (Lipinski definition) is 2. The Bertz CT molecular complexity index is 395. The van der Waals surface area contributed by atoms with Crippen LogP contribution >= 0.6 is 0 Å². The maximum atomic E-state index is 13.0. The smallest absolute Gasteiger partial charge is 0.223 e. The molecule has 0 aliphatic heterocycles. The lowest BCUT2D eigenvalue weighted by Gasteiger charge is -2.15. The minimum absolute atomic E-state index is 0.0671. The zero-order valence-corrected chi connectivity index (χ0v) is 10.8. The van der Waals surface area contributed by atoms with E-state index in [0.717, 1.165) is 5.56 Å². The first-order chi connectivity index (χ1) is 8.52. The molecule has 3 nitrogen and oxygen atoms in total. The van der Waals surface area contributed by atoms with Crippen LogP contribution < -0.4 is 5.32 Å². The predicted molar refractivity (Wildman–Crippen MR) is 68.6 cm³/mol. The number of rotatable bonds is 6. The lowest BCUT2D eigenvalue weighted by molar-refractivity contribution is -0.125. The molecular weight excluding hydrogens is 233 g/mol. The number of aryl methyl sites for hydroxylation is 1. The van der Waals surface area contributed by atoms with Crippen molar-refractivity contribution < 1.29 is 14.3 Å². The molecule has 0 aromatic heterocycles. The summed E-state index contributed by atoms with van der Waals surface area (Å²) in [4.78, 5) is 11.7. The van der Waals surface area contributed by atoms with Gasteiger partial charge in [-0.3, -0.25) is 4.79 Å². The molecule has 0 saturated heterocycles. The van der Waals surface area contributed by atoms with Gasteiger partial charge in [0.25, 0.3) is 0 Å². The largest absolute Gasteiger partial charge is 0.394 e. The molecule has 0 aliphatic rings. The van der Waals surface area contributed by atoms with Gasteiger partial charge in [0.05, 0.1) is 6.61 Å². The zero-order valence-electron chi connectivity index (χ0n) is 10.8. The van der Waals surface area contributed by atoms with Gasteiger partial charge in [-0.1, -0.05) is 19.1 Å². The number of aliphatic hydroxyl groups is 1. The zero-order chi connectivity index (χ0) is 13.5. The molecule has 0 aliphatic carbocycles. The average Bonchev–Trinajstić information content (AvgIpc) is 2.35. The molecule has 0 saturated carbocycles. The standard InChI is InChI=1S/C14H20FNO2/c1-10(14(18)16-11(2)9-17)6-7-12-4-3-5-13(15)8-12/h3-5,8,10-11,17H,6-7,9H2,1-2H3,(H,16,18). The maximum Gasteiger partial charge on any atom is 0.223 e. The number of carbonyl (C=O) groups excluding carboxylic acids is 1. The van der Waals surface area contributed by atoms with Crippen LogP contribution in [-0.2, 0) is 11.2 Å². The van der Waals surface area contributed by atoms with E-state index in [-0.39, 0.29) is 30.3 Å². The van der Waals surface area contributed by atoms with E-state index >= 15 is 0 Å². The van der Waals surface area contributed by atoms with Crippen LogP contribution in [0, 0.1) is 11.7 Å². The second-order valence-electron chi connectivity index (χ2n) is 4.66. The van der Waals surface area contributed by atoms with Crippen LogP contribution in [0.25, 0.3) is 0 Å². The quantitative estimate of drug-likeness (QED) is 0.813. The number of carbonyl (C=O) groups is 1. The fraction of sp³-hybridized carbons (Fsp3) is 0.500. The molecule has 1 aromatic rings. The van der Waals surface area contributed by atoms with Crippen LogP contribution in [0.1, 0.15) is 25.8 Å². The third kappa shape index (κ3) is 4.84. The molecule has 18 heavy (non-hydrogen) atoms. The van der Waals surface area contributed by atoms with Gasteiger partial charge in [-0.25, -0.2) is 4.39 Å². The Balaban J connectivity index is 2.41. The van der Waals surface area contributed by atoms with Gasteiger partial charge in [-0.2, -0.15) is 0 Å². The lowest BCUT2D eigenvalue weighted by atomic mass is 10.00. The van der Waals surface area contributed by atoms with Gasteiger partial charge >= 0.3 is 0 Å². The topological polar surface area (TPSA) is 49.3 Å². The summed E-state index contributed by atoms with van der Waals surface area (Å²) in [6, 6.07) is 6.19. The molecule has 0 radical (unpaired) electrons. The van der Waals surface area contributed by atoms with Crippen LogP contribution in [0.4, 0.5) is 4.39 Å². The number of aliphatic hydroxyl groups excluding tert-OH is 1. The van der Waals surface area contributed by atoms with Crippen molar-refractivity contribution in [2.45, 2.75) is 32.7 Å². The van der Waals surface area contributed by atoms with Gasteiger partial charge in [0.1, 0.15) is 5.82 Å². The summed E-state index contributed by atoms with van der Waals surface area (Å²) in [5.74, 6) is -0.478. The Morgan fingerprint density at radius 1 is 1.44 bits per heavy atom. The van der Waals surface area contributed by atoms with E-state index < -0.39 is 0 Å². The van der Waals surface area contributed by atoms with Crippen molar-refractivity contribution in [3.63, 3.8) is 0 Å². The van der Waals surface area contributed by atoms with E-state index in [2.05, 4.69) is 5.32 Å². The highest BCUT2D eigenvalue weighted by Gasteiger charge is 2.14. The number of nitrogens with one attached hydrogen (secondary N) is 1. The van der Waals surface area contributed by atoms with Crippen molar-refractivity contribution in [3.05, 3.63) is 35.6 Å². The van der Waals surface area contributed by atoms with Gasteiger partial charge in [-0.15, -0.1) is 0 Å². The molecular formula is C14H20FNO2. The van der Waals surface area contributed by atoms with Gasteiger partial charge in [0.15, 0.2) is 0 Å². The van der Waals surface area contributed by atoms with Crippen LogP contribution in [0.3, 0.4) is 0 Å². The summed E-state index contributed by atoms with van der Waals surface area (Å²) in [6.07, 6.45) is 1.33. The molecule has 2 atom stereocenters. The van der Waals surface area contributed by atoms with Gasteiger partial charge in [0.2, 0.25) is 5.91 Å². The highest BCUT2D eigenvalue weighted by atomic mass is 19.1. The van der Waals surface area contributed by atoms with Crippen molar-refractivity contribution in [2.24, 2.45) is 5.92 Å². The minimum atomic E-state index is -0.251. The van der Waals surface area contributed by atoms with E-state index in [4.69, 9.17) is 5.11 Å². The summed E-state index contributed by atoms with van der Waals surface area (Å²) in [7, 11) is 0. The molecule has 100 valence electrons. The Kier molecular flexibility index (Phi) is 5.78. The highest BCUT2D eigenvalue weighted by molar-refractivity contribution is 5.78. The second kappa shape index (κ2) is 7.11. The summed E-state index contributed by atoms with van der Waals surface area (Å²) >= 11 is 0. The van der Waals surface area contributed by atoms with Crippen LogP contribution in [-0.4, -0.2) is 23.7 Å². The molecule has 0 heterocycles. The number of benzene rings is 1. The molecule has 4 heteroatoms. The summed E-state index contributed by atoms with van der Waals surface area (Å²) < 4.78 is 13.0. The molecule has 2 N–H and O–H groups in total. The highest BCUT2D eigenvalue weighted by Crippen LogP contribution is 2.11. The summed E-state index contributed by atoms with van der Waals surface area (Å²) in [5, 5.41) is 11.6. The Morgan fingerprint density at radius 3 is 2.78 bits per heavy atom. The number of hydrogen-bond donors (Lipinski definition) is 2. The maximum absolute atomic E-state index is 13.0. The number of halogens is 1. The van der Waals surface area contributed by atoms with Crippen LogP contribution in [0.2, 0.25) is 0 Å². The van der Waals surface area contributed by atoms with Crippen molar-refractivity contribution in [1.82, 2.24) is 5.32 Å². The molecule has 0 bridgehead atoms. The van der Waals surface area contributed by atoms with Crippen molar-refractivity contribution in [2.75, 3.05) is 6.61 Å². The summed E-state index contributed by atoms with van der Waals surface area (Å²) in [6.45, 7) is 3.51. The fourth-order valence-electron chi connectivity index (χ4n) is 1.64. The first-order valence-corrected chi connectivity index (χ1v) is 6.18. The molecule has 1 amide bonds. The van der Waals surface area contributed by atoms with Crippen molar-refractivity contribution >= 4 is 5.91 Å². The molecule has 0 spiro atoms. The Hall–Kier alpha value is -1.42. The van der Waals surface area contributed by atoms with E-state index in [1.165, 1.54) is 12.1 Å². The summed E-state index contributed by atoms with van der Waals surface area (Å²) in [5.41, 5.74) is 0.893. The fourth-order valence-corrected chi connectivity index (χ4v) is 1.64. The van der Waals surface area contributed by atoms with Crippen LogP contribution in [0.5, 0.6) is 0 Å². The first-order valence-electron chi connectivity index (χ1n) is 6.18. The Labute approximate surface area is 107 Å². The predicted octanol–water partition coefficient (Wildman–Crippen LogP) is 1.89. The average molecular weight is 253 g/mol. The minimum Gasteiger partial charge on any atom is -0.394 e. The van der Waals surface area contributed by atoms with Gasteiger partial charge in [0, 0.05) is 12.0 Å². The molecule has 0 fully saturated rings. The Morgan fingerprint density at radius 2 is 2.17 bits per heavy atom. The third-order valence-corrected chi connectivity index (χ3v) is 2.87. The van der Waals surface area contributed by atoms with Gasteiger partial charge in [-0.05, 0) is 37.5 Å². The van der Waals surface area contributed by atoms with E-state index in [1.54, 1.807) is 13.0 Å². The first kappa shape index (κ1) is 14.6. The van der Waals surface area contributed by atoms with Gasteiger partial charge < -0.3 is 10.4 Å². The van der Waals surface area contributed by atoms with Crippen molar-refractivity contribution in [1.29, 1.82) is 0 Å². The SMILES string of the molecule is CC(CO)NC(=O)C(C)CCc1cccc(F)c1. The lowest BCUT2D eigenvalue weighted by Crippen LogP contribution is -2.38. The van der Waals surface area contributed by atoms with E-state index in [0.29, 0.717) is 12.8 Å². The molecule has 1 aromatic carbocycles.